The lowest BCUT2D eigenvalue weighted by Crippen LogP contribution is -2.07. The van der Waals surface area contributed by atoms with Crippen molar-refractivity contribution in [2.75, 3.05) is 12.0 Å². The fourth-order valence-electron chi connectivity index (χ4n) is 3.14. The van der Waals surface area contributed by atoms with Gasteiger partial charge in [0, 0.05) is 11.8 Å². The zero-order chi connectivity index (χ0) is 22.2. The van der Waals surface area contributed by atoms with Gasteiger partial charge < -0.3 is 5.11 Å². The van der Waals surface area contributed by atoms with Gasteiger partial charge in [-0.25, -0.2) is 13.2 Å². The van der Waals surface area contributed by atoms with Crippen LogP contribution in [0.3, 0.4) is 0 Å². The molecular weight excluding hydrogens is 440 g/mol. The Hall–Kier alpha value is -3.05. The zero-order valence-corrected chi connectivity index (χ0v) is 18.1. The van der Waals surface area contributed by atoms with Crippen LogP contribution in [0.5, 0.6) is 0 Å². The van der Waals surface area contributed by atoms with Crippen molar-refractivity contribution >= 4 is 33.4 Å². The van der Waals surface area contributed by atoms with Crippen molar-refractivity contribution in [3.8, 4) is 5.69 Å². The van der Waals surface area contributed by atoms with E-state index >= 15 is 0 Å². The zero-order valence-electron chi connectivity index (χ0n) is 16.4. The van der Waals surface area contributed by atoms with Gasteiger partial charge in [0.05, 0.1) is 21.9 Å². The van der Waals surface area contributed by atoms with Crippen LogP contribution in [0.25, 0.3) is 5.69 Å². The lowest BCUT2D eigenvalue weighted by atomic mass is 10.0. The van der Waals surface area contributed by atoms with E-state index in [1.807, 2.05) is 0 Å². The van der Waals surface area contributed by atoms with Gasteiger partial charge in [0.1, 0.15) is 0 Å². The Morgan fingerprint density at radius 2 is 1.87 bits per heavy atom. The highest BCUT2D eigenvalue weighted by atomic mass is 32.2. The Morgan fingerprint density at radius 1 is 1.16 bits per heavy atom. The number of carboxylic acids is 1. The number of aromatic carboxylic acids is 1. The molecule has 160 valence electrons. The second kappa shape index (κ2) is 8.23. The molecule has 11 heteroatoms. The molecule has 0 amide bonds. The molecule has 1 heterocycles. The van der Waals surface area contributed by atoms with Gasteiger partial charge in [-0.2, -0.15) is 4.68 Å². The number of aromatic nitrogens is 4. The summed E-state index contributed by atoms with van der Waals surface area (Å²) in [6, 6.07) is 10.7. The van der Waals surface area contributed by atoms with Crippen LogP contribution in [-0.2, 0) is 9.84 Å². The fraction of sp³-hybridized carbons (Fsp3) is 0.250. The number of sulfone groups is 1. The number of ketones is 1. The first kappa shape index (κ1) is 21.2. The third-order valence-electron chi connectivity index (χ3n) is 4.91. The molecule has 1 saturated carbocycles. The molecule has 1 N–H and O–H groups in total. The number of nitrogens with zero attached hydrogens (tertiary/aromatic N) is 4. The molecule has 0 atom stereocenters. The number of thioether (sulfide) groups is 1. The predicted molar refractivity (Wildman–Crippen MR) is 113 cm³/mol. The van der Waals surface area contributed by atoms with Gasteiger partial charge in [0.2, 0.25) is 5.16 Å². The summed E-state index contributed by atoms with van der Waals surface area (Å²) >= 11 is 1.14. The second-order valence-electron chi connectivity index (χ2n) is 7.23. The number of hydrogen-bond acceptors (Lipinski definition) is 8. The van der Waals surface area contributed by atoms with Crippen molar-refractivity contribution in [2.24, 2.45) is 0 Å². The van der Waals surface area contributed by atoms with E-state index in [1.54, 1.807) is 18.2 Å². The average Bonchev–Trinajstić information content (AvgIpc) is 3.48. The molecule has 2 aromatic carbocycles. The average molecular weight is 459 g/mol. The van der Waals surface area contributed by atoms with Gasteiger partial charge in [-0.15, -0.1) is 5.10 Å². The molecule has 31 heavy (non-hydrogen) atoms. The molecular formula is C20H18N4O5S2. The normalized spacial score (nSPS) is 13.8. The molecule has 9 nitrogen and oxygen atoms in total. The molecule has 1 aliphatic rings. The Bertz CT molecular complexity index is 1260. The van der Waals surface area contributed by atoms with E-state index in [0.717, 1.165) is 36.4 Å². The molecule has 0 unspecified atom stereocenters. The lowest BCUT2D eigenvalue weighted by Gasteiger charge is -2.09. The van der Waals surface area contributed by atoms with Crippen molar-refractivity contribution in [1.29, 1.82) is 0 Å². The number of rotatable bonds is 8. The van der Waals surface area contributed by atoms with Crippen LogP contribution in [0.15, 0.2) is 52.5 Å². The first-order valence-corrected chi connectivity index (χ1v) is 12.2. The van der Waals surface area contributed by atoms with Crippen molar-refractivity contribution in [1.82, 2.24) is 20.2 Å². The summed E-state index contributed by atoms with van der Waals surface area (Å²) in [6.07, 6.45) is 3.01. The molecule has 4 rings (SSSR count). The van der Waals surface area contributed by atoms with E-state index in [2.05, 4.69) is 15.5 Å². The summed E-state index contributed by atoms with van der Waals surface area (Å²) in [5.74, 6) is -0.872. The van der Waals surface area contributed by atoms with Crippen LogP contribution in [-0.4, -0.2) is 57.5 Å². The summed E-state index contributed by atoms with van der Waals surface area (Å²) in [5.41, 5.74) is 2.06. The summed E-state index contributed by atoms with van der Waals surface area (Å²) in [5, 5.41) is 21.4. The molecule has 0 bridgehead atoms. The van der Waals surface area contributed by atoms with E-state index in [4.69, 9.17) is 0 Å². The van der Waals surface area contributed by atoms with Crippen LogP contribution in [0, 0.1) is 0 Å². The van der Waals surface area contributed by atoms with Gasteiger partial charge >= 0.3 is 5.97 Å². The summed E-state index contributed by atoms with van der Waals surface area (Å²) in [6.45, 7) is 0. The number of carbonyl (C=O) groups excluding carboxylic acids is 1. The maximum absolute atomic E-state index is 12.5. The predicted octanol–water partition coefficient (Wildman–Crippen LogP) is 2.62. The van der Waals surface area contributed by atoms with Crippen LogP contribution >= 0.6 is 11.8 Å². The molecule has 1 aliphatic carbocycles. The molecule has 0 saturated heterocycles. The minimum absolute atomic E-state index is 0.0568. The number of tetrazole rings is 1. The van der Waals surface area contributed by atoms with Gasteiger partial charge in [0.25, 0.3) is 0 Å². The Kier molecular flexibility index (Phi) is 5.63. The van der Waals surface area contributed by atoms with Crippen LogP contribution < -0.4 is 0 Å². The quantitative estimate of drug-likeness (QED) is 0.399. The Labute approximate surface area is 182 Å². The summed E-state index contributed by atoms with van der Waals surface area (Å²) < 4.78 is 24.6. The third-order valence-corrected chi connectivity index (χ3v) is 6.95. The van der Waals surface area contributed by atoms with Crippen molar-refractivity contribution in [3.63, 3.8) is 0 Å². The minimum Gasteiger partial charge on any atom is -0.478 e. The molecule has 0 aliphatic heterocycles. The summed E-state index contributed by atoms with van der Waals surface area (Å²) in [4.78, 5) is 24.1. The van der Waals surface area contributed by atoms with E-state index in [0.29, 0.717) is 16.4 Å². The first-order valence-electron chi connectivity index (χ1n) is 9.36. The highest BCUT2D eigenvalue weighted by Crippen LogP contribution is 2.42. The maximum atomic E-state index is 12.5. The van der Waals surface area contributed by atoms with E-state index < -0.39 is 15.8 Å². The number of carbonyl (C=O) groups is 2. The minimum atomic E-state index is -3.33. The monoisotopic (exact) mass is 458 g/mol. The number of Topliss-reactive ketones (excluding diaryl/α,β-unsaturated/α-hetero) is 1. The highest BCUT2D eigenvalue weighted by Gasteiger charge is 2.29. The maximum Gasteiger partial charge on any atom is 0.335 e. The van der Waals surface area contributed by atoms with E-state index in [1.165, 1.54) is 28.9 Å². The molecule has 0 radical (unpaired) electrons. The largest absolute Gasteiger partial charge is 0.478 e. The molecule has 1 fully saturated rings. The molecule has 1 aromatic heterocycles. The summed E-state index contributed by atoms with van der Waals surface area (Å²) in [7, 11) is -3.33. The van der Waals surface area contributed by atoms with Gasteiger partial charge in [-0.05, 0) is 65.1 Å². The second-order valence-corrected chi connectivity index (χ2v) is 10.2. The topological polar surface area (TPSA) is 132 Å². The Morgan fingerprint density at radius 3 is 2.48 bits per heavy atom. The molecule has 3 aromatic rings. The SMILES string of the molecule is CS(=O)(=O)c1ccc(C(=O)CSc2nnnn2-c2ccc(C(=O)O)c(C3CC3)c2)cc1. The standard InChI is InChI=1S/C20H18N4O5S2/c1-31(28,29)15-7-4-13(5-8-15)18(25)11-30-20-21-22-23-24(20)14-6-9-16(19(26)27)17(10-14)12-2-3-12/h4-10,12H,2-3,11H2,1H3,(H,26,27). The van der Waals surface area contributed by atoms with Crippen LogP contribution in [0.2, 0.25) is 0 Å². The lowest BCUT2D eigenvalue weighted by molar-refractivity contribution is 0.0695. The fourth-order valence-corrected chi connectivity index (χ4v) is 4.56. The first-order chi connectivity index (χ1) is 14.7. The van der Waals surface area contributed by atoms with Crippen molar-refractivity contribution < 1.29 is 23.1 Å². The highest BCUT2D eigenvalue weighted by molar-refractivity contribution is 7.99. The van der Waals surface area contributed by atoms with Crippen molar-refractivity contribution in [3.05, 3.63) is 59.2 Å². The number of benzene rings is 2. The smallest absolute Gasteiger partial charge is 0.335 e. The third kappa shape index (κ3) is 4.67. The van der Waals surface area contributed by atoms with Gasteiger partial charge in [-0.1, -0.05) is 23.9 Å². The number of hydrogen-bond donors (Lipinski definition) is 1. The molecule has 0 spiro atoms. The number of carboxylic acid groups (broad SMARTS) is 1. The van der Waals surface area contributed by atoms with Crippen LogP contribution in [0.1, 0.15) is 45.0 Å². The Balaban J connectivity index is 1.51. The van der Waals surface area contributed by atoms with Crippen LogP contribution in [0.4, 0.5) is 0 Å². The van der Waals surface area contributed by atoms with E-state index in [9.17, 15) is 23.1 Å². The van der Waals surface area contributed by atoms with Crippen molar-refractivity contribution in [2.45, 2.75) is 28.8 Å². The van der Waals surface area contributed by atoms with Gasteiger partial charge in [0.15, 0.2) is 15.6 Å². The van der Waals surface area contributed by atoms with E-state index in [-0.39, 0.29) is 27.9 Å². The van der Waals surface area contributed by atoms with Gasteiger partial charge in [-0.3, -0.25) is 4.79 Å².